The monoisotopic (exact) mass is 377 g/mol. The summed E-state index contributed by atoms with van der Waals surface area (Å²) in [4.78, 5) is 26.5. The Balaban J connectivity index is 2.40. The molecule has 2 N–H and O–H groups in total. The quantitative estimate of drug-likeness (QED) is 0.827. The molecule has 0 saturated heterocycles. The molecule has 7 nitrogen and oxygen atoms in total. The number of fused-ring (bicyclic) bond motifs is 1. The first-order valence-electron chi connectivity index (χ1n) is 9.30. The molecule has 3 amide bonds. The lowest BCUT2D eigenvalue weighted by molar-refractivity contribution is -0.121. The molecule has 0 bridgehead atoms. The Morgan fingerprint density at radius 2 is 1.81 bits per heavy atom. The molecule has 1 aliphatic rings. The van der Waals surface area contributed by atoms with Crippen molar-refractivity contribution in [2.75, 3.05) is 27.3 Å². The first-order chi connectivity index (χ1) is 12.7. The van der Waals surface area contributed by atoms with Gasteiger partial charge in [0.15, 0.2) is 11.5 Å². The van der Waals surface area contributed by atoms with Crippen molar-refractivity contribution < 1.29 is 19.1 Å². The topological polar surface area (TPSA) is 79.9 Å². The summed E-state index contributed by atoms with van der Waals surface area (Å²) in [5, 5.41) is 5.94. The second-order valence-electron chi connectivity index (χ2n) is 7.70. The van der Waals surface area contributed by atoms with Crippen LogP contribution in [0.1, 0.15) is 51.3 Å². The third-order valence-corrected chi connectivity index (χ3v) is 4.56. The molecule has 1 heterocycles. The van der Waals surface area contributed by atoms with Crippen molar-refractivity contribution in [3.05, 3.63) is 23.3 Å². The van der Waals surface area contributed by atoms with E-state index in [9.17, 15) is 9.59 Å². The van der Waals surface area contributed by atoms with Crippen molar-refractivity contribution in [2.45, 2.75) is 52.1 Å². The van der Waals surface area contributed by atoms with Crippen LogP contribution >= 0.6 is 0 Å². The lowest BCUT2D eigenvalue weighted by atomic mass is 9.91. The number of hydrogen-bond acceptors (Lipinski definition) is 4. The summed E-state index contributed by atoms with van der Waals surface area (Å²) < 4.78 is 10.8. The smallest absolute Gasteiger partial charge is 0.318 e. The van der Waals surface area contributed by atoms with E-state index >= 15 is 0 Å². The first kappa shape index (κ1) is 20.9. The van der Waals surface area contributed by atoms with Gasteiger partial charge in [0.25, 0.3) is 0 Å². The van der Waals surface area contributed by atoms with Gasteiger partial charge >= 0.3 is 6.03 Å². The number of hydrogen-bond donors (Lipinski definition) is 2. The van der Waals surface area contributed by atoms with Crippen LogP contribution in [0.2, 0.25) is 0 Å². The highest BCUT2D eigenvalue weighted by Crippen LogP contribution is 2.38. The molecule has 7 heteroatoms. The van der Waals surface area contributed by atoms with Crippen LogP contribution in [-0.2, 0) is 11.2 Å². The molecule has 1 aromatic carbocycles. The number of carbonyl (C=O) groups is 2. The van der Waals surface area contributed by atoms with Gasteiger partial charge in [0.1, 0.15) is 0 Å². The zero-order valence-electron chi connectivity index (χ0n) is 17.1. The zero-order valence-corrected chi connectivity index (χ0v) is 17.1. The summed E-state index contributed by atoms with van der Waals surface area (Å²) in [6, 6.07) is 3.46. The van der Waals surface area contributed by atoms with Crippen molar-refractivity contribution in [3.63, 3.8) is 0 Å². The Kier molecular flexibility index (Phi) is 6.57. The number of ether oxygens (including phenoxy) is 2. The normalized spacial score (nSPS) is 16.4. The number of nitrogens with one attached hydrogen (secondary N) is 2. The maximum Gasteiger partial charge on any atom is 0.318 e. The van der Waals surface area contributed by atoms with Crippen LogP contribution in [0.25, 0.3) is 0 Å². The van der Waals surface area contributed by atoms with Crippen LogP contribution in [0.3, 0.4) is 0 Å². The summed E-state index contributed by atoms with van der Waals surface area (Å²) in [5.41, 5.74) is 1.73. The maximum absolute atomic E-state index is 12.9. The van der Waals surface area contributed by atoms with E-state index in [0.717, 1.165) is 11.1 Å². The van der Waals surface area contributed by atoms with E-state index in [1.54, 1.807) is 19.1 Å². The van der Waals surface area contributed by atoms with Crippen LogP contribution < -0.4 is 20.1 Å². The molecule has 1 unspecified atom stereocenters. The van der Waals surface area contributed by atoms with Crippen LogP contribution in [-0.4, -0.2) is 49.7 Å². The molecule has 150 valence electrons. The third kappa shape index (κ3) is 5.05. The van der Waals surface area contributed by atoms with Crippen molar-refractivity contribution >= 4 is 11.9 Å². The van der Waals surface area contributed by atoms with E-state index in [2.05, 4.69) is 10.6 Å². The van der Waals surface area contributed by atoms with Crippen molar-refractivity contribution in [1.82, 2.24) is 15.5 Å². The predicted octanol–water partition coefficient (Wildman–Crippen LogP) is 2.64. The molecule has 1 atom stereocenters. The van der Waals surface area contributed by atoms with Gasteiger partial charge in [0.05, 0.1) is 20.3 Å². The van der Waals surface area contributed by atoms with Crippen molar-refractivity contribution in [2.24, 2.45) is 0 Å². The van der Waals surface area contributed by atoms with Gasteiger partial charge in [-0.25, -0.2) is 4.79 Å². The highest BCUT2D eigenvalue weighted by atomic mass is 16.5. The van der Waals surface area contributed by atoms with Crippen LogP contribution in [0.5, 0.6) is 11.5 Å². The Morgan fingerprint density at radius 1 is 1.19 bits per heavy atom. The van der Waals surface area contributed by atoms with E-state index in [1.165, 1.54) is 0 Å². The van der Waals surface area contributed by atoms with Gasteiger partial charge in [-0.3, -0.25) is 4.79 Å². The predicted molar refractivity (Wildman–Crippen MR) is 104 cm³/mol. The van der Waals surface area contributed by atoms with Crippen LogP contribution in [0, 0.1) is 0 Å². The molecule has 1 aromatic rings. The second kappa shape index (κ2) is 8.50. The molecular formula is C20H31N3O4. The molecule has 0 saturated carbocycles. The fraction of sp³-hybridized carbons (Fsp3) is 0.600. The highest BCUT2D eigenvalue weighted by Gasteiger charge is 2.33. The summed E-state index contributed by atoms with van der Waals surface area (Å²) in [6.07, 6.45) is 1.12. The minimum Gasteiger partial charge on any atom is -0.493 e. The number of methoxy groups -OCH3 is 2. The summed E-state index contributed by atoms with van der Waals surface area (Å²) in [6.45, 7) is 8.57. The highest BCUT2D eigenvalue weighted by molar-refractivity contribution is 5.77. The third-order valence-electron chi connectivity index (χ3n) is 4.56. The Labute approximate surface area is 161 Å². The molecule has 0 spiro atoms. The average molecular weight is 377 g/mol. The Bertz CT molecular complexity index is 697. The van der Waals surface area contributed by atoms with Gasteiger partial charge < -0.3 is 25.0 Å². The summed E-state index contributed by atoms with van der Waals surface area (Å²) in [7, 11) is 3.19. The molecular weight excluding hydrogens is 346 g/mol. The van der Waals surface area contributed by atoms with E-state index < -0.39 is 0 Å². The molecule has 0 aliphatic carbocycles. The minimum atomic E-state index is -0.341. The number of urea groups is 1. The molecule has 0 aromatic heterocycles. The lowest BCUT2D eigenvalue weighted by Gasteiger charge is -2.39. The minimum absolute atomic E-state index is 0.0428. The molecule has 0 radical (unpaired) electrons. The lowest BCUT2D eigenvalue weighted by Crippen LogP contribution is -2.53. The van der Waals surface area contributed by atoms with E-state index in [1.807, 2.05) is 39.8 Å². The van der Waals surface area contributed by atoms with Gasteiger partial charge in [0, 0.05) is 25.0 Å². The second-order valence-corrected chi connectivity index (χ2v) is 7.70. The molecule has 1 aliphatic heterocycles. The van der Waals surface area contributed by atoms with Gasteiger partial charge in [-0.05, 0) is 50.5 Å². The van der Waals surface area contributed by atoms with Gasteiger partial charge in [-0.2, -0.15) is 0 Å². The SMILES string of the molecule is CCC(=O)NCC1c2cc(OC)c(OC)cc2CCN1C(=O)NC(C)(C)C. The molecule has 27 heavy (non-hydrogen) atoms. The number of nitrogens with zero attached hydrogens (tertiary/aromatic N) is 1. The molecule has 2 rings (SSSR count). The number of carbonyl (C=O) groups excluding carboxylic acids is 2. The van der Waals surface area contributed by atoms with Crippen molar-refractivity contribution in [1.29, 1.82) is 0 Å². The average Bonchev–Trinajstić information content (AvgIpc) is 2.62. The van der Waals surface area contributed by atoms with Crippen LogP contribution in [0.15, 0.2) is 12.1 Å². The van der Waals surface area contributed by atoms with E-state index in [4.69, 9.17) is 9.47 Å². The van der Waals surface area contributed by atoms with Crippen molar-refractivity contribution in [3.8, 4) is 11.5 Å². The fourth-order valence-corrected chi connectivity index (χ4v) is 3.22. The number of amides is 3. The van der Waals surface area contributed by atoms with Gasteiger partial charge in [-0.1, -0.05) is 6.92 Å². The number of benzene rings is 1. The maximum atomic E-state index is 12.9. The van der Waals surface area contributed by atoms with Crippen LogP contribution in [0.4, 0.5) is 4.79 Å². The number of rotatable bonds is 5. The first-order valence-corrected chi connectivity index (χ1v) is 9.30. The van der Waals surface area contributed by atoms with E-state index in [-0.39, 0.29) is 23.5 Å². The summed E-state index contributed by atoms with van der Waals surface area (Å²) >= 11 is 0. The largest absolute Gasteiger partial charge is 0.493 e. The van der Waals surface area contributed by atoms with Gasteiger partial charge in [0.2, 0.25) is 5.91 Å². The Morgan fingerprint density at radius 3 is 2.37 bits per heavy atom. The van der Waals surface area contributed by atoms with Gasteiger partial charge in [-0.15, -0.1) is 0 Å². The van der Waals surface area contributed by atoms with E-state index in [0.29, 0.717) is 37.4 Å². The Hall–Kier alpha value is -2.44. The zero-order chi connectivity index (χ0) is 20.2. The molecule has 0 fully saturated rings. The summed E-state index contributed by atoms with van der Waals surface area (Å²) in [5.74, 6) is 1.24. The standard InChI is InChI=1S/C20H31N3O4/c1-7-18(24)21-12-15-14-11-17(27-6)16(26-5)10-13(14)8-9-23(15)19(25)22-20(2,3)4/h10-11,15H,7-9,12H2,1-6H3,(H,21,24)(H,22,25). The fourth-order valence-electron chi connectivity index (χ4n) is 3.22.